The Morgan fingerprint density at radius 1 is 1.43 bits per heavy atom. The van der Waals surface area contributed by atoms with E-state index in [2.05, 4.69) is 33.0 Å². The molecule has 3 heteroatoms. The number of rotatable bonds is 3. The average Bonchev–Trinajstić information content (AvgIpc) is 2.14. The molecule has 14 heavy (non-hydrogen) atoms. The van der Waals surface area contributed by atoms with Gasteiger partial charge in [0.1, 0.15) is 0 Å². The SMILES string of the molecule is C[C@@H](O)CN[C@H]1CC(C)(C)OC1(C)C. The Hall–Kier alpha value is -0.120. The van der Waals surface area contributed by atoms with Gasteiger partial charge in [-0.1, -0.05) is 0 Å². The first kappa shape index (κ1) is 12.0. The fourth-order valence-electron chi connectivity index (χ4n) is 2.19. The molecule has 0 bridgehead atoms. The van der Waals surface area contributed by atoms with Crippen LogP contribution < -0.4 is 5.32 Å². The Morgan fingerprint density at radius 2 is 2.00 bits per heavy atom. The van der Waals surface area contributed by atoms with Crippen molar-refractivity contribution in [1.82, 2.24) is 5.32 Å². The van der Waals surface area contributed by atoms with Crippen molar-refractivity contribution >= 4 is 0 Å². The molecule has 0 aromatic rings. The predicted octanol–water partition coefficient (Wildman–Crippen LogP) is 1.30. The fourth-order valence-corrected chi connectivity index (χ4v) is 2.19. The second-order valence-corrected chi connectivity index (χ2v) is 5.48. The third kappa shape index (κ3) is 2.94. The Labute approximate surface area is 86.8 Å². The fraction of sp³-hybridized carbons (Fsp3) is 1.00. The van der Waals surface area contributed by atoms with Gasteiger partial charge in [-0.15, -0.1) is 0 Å². The van der Waals surface area contributed by atoms with E-state index < -0.39 is 0 Å². The number of hydrogen-bond donors (Lipinski definition) is 2. The standard InChI is InChI=1S/C11H23NO2/c1-8(13)7-12-9-6-10(2,3)14-11(9,4)5/h8-9,12-13H,6-7H2,1-5H3/t8-,9+/m1/s1. The molecule has 0 amide bonds. The van der Waals surface area contributed by atoms with Crippen LogP contribution >= 0.6 is 0 Å². The molecule has 2 N–H and O–H groups in total. The van der Waals surface area contributed by atoms with Crippen molar-refractivity contribution in [3.63, 3.8) is 0 Å². The first-order valence-electron chi connectivity index (χ1n) is 5.34. The number of aliphatic hydroxyl groups is 1. The van der Waals surface area contributed by atoms with Crippen LogP contribution in [0.4, 0.5) is 0 Å². The highest BCUT2D eigenvalue weighted by molar-refractivity contribution is 4.98. The van der Waals surface area contributed by atoms with Gasteiger partial charge < -0.3 is 15.2 Å². The molecule has 1 fully saturated rings. The topological polar surface area (TPSA) is 41.5 Å². The normalized spacial score (nSPS) is 31.7. The van der Waals surface area contributed by atoms with E-state index in [4.69, 9.17) is 4.74 Å². The van der Waals surface area contributed by atoms with Crippen molar-refractivity contribution in [1.29, 1.82) is 0 Å². The third-order valence-corrected chi connectivity index (χ3v) is 2.73. The smallest absolute Gasteiger partial charge is 0.0787 e. The molecule has 0 radical (unpaired) electrons. The van der Waals surface area contributed by atoms with E-state index >= 15 is 0 Å². The molecule has 0 aliphatic carbocycles. The number of aliphatic hydroxyl groups excluding tert-OH is 1. The van der Waals surface area contributed by atoms with E-state index in [-0.39, 0.29) is 17.3 Å². The molecule has 0 aromatic heterocycles. The molecular weight excluding hydrogens is 178 g/mol. The number of hydrogen-bond acceptors (Lipinski definition) is 3. The van der Waals surface area contributed by atoms with Gasteiger partial charge in [0, 0.05) is 12.6 Å². The van der Waals surface area contributed by atoms with Gasteiger partial charge in [-0.05, 0) is 41.0 Å². The van der Waals surface area contributed by atoms with Crippen molar-refractivity contribution in [3.8, 4) is 0 Å². The van der Waals surface area contributed by atoms with Crippen LogP contribution in [0.3, 0.4) is 0 Å². The van der Waals surface area contributed by atoms with Crippen molar-refractivity contribution < 1.29 is 9.84 Å². The molecule has 1 rings (SSSR count). The van der Waals surface area contributed by atoms with Crippen LogP contribution in [-0.4, -0.2) is 35.0 Å². The molecule has 1 heterocycles. The Kier molecular flexibility index (Phi) is 3.24. The van der Waals surface area contributed by atoms with Crippen LogP contribution in [0, 0.1) is 0 Å². The average molecular weight is 201 g/mol. The molecular formula is C11H23NO2. The molecule has 3 nitrogen and oxygen atoms in total. The molecule has 0 spiro atoms. The van der Waals surface area contributed by atoms with Crippen LogP contribution in [0.1, 0.15) is 41.0 Å². The Balaban J connectivity index is 2.53. The zero-order valence-corrected chi connectivity index (χ0v) is 9.92. The highest BCUT2D eigenvalue weighted by Crippen LogP contribution is 2.37. The lowest BCUT2D eigenvalue weighted by Gasteiger charge is -2.28. The first-order chi connectivity index (χ1) is 6.23. The second kappa shape index (κ2) is 3.80. The van der Waals surface area contributed by atoms with Crippen LogP contribution in [0.15, 0.2) is 0 Å². The van der Waals surface area contributed by atoms with Crippen LogP contribution in [0.25, 0.3) is 0 Å². The van der Waals surface area contributed by atoms with E-state index in [9.17, 15) is 5.11 Å². The Bertz CT molecular complexity index is 199. The summed E-state index contributed by atoms with van der Waals surface area (Å²) in [6.07, 6.45) is 0.696. The van der Waals surface area contributed by atoms with Gasteiger partial charge in [0.25, 0.3) is 0 Å². The van der Waals surface area contributed by atoms with E-state index in [0.29, 0.717) is 12.6 Å². The predicted molar refractivity (Wildman–Crippen MR) is 57.3 cm³/mol. The summed E-state index contributed by atoms with van der Waals surface area (Å²) in [5, 5.41) is 12.6. The van der Waals surface area contributed by atoms with Crippen molar-refractivity contribution in [2.75, 3.05) is 6.54 Å². The highest BCUT2D eigenvalue weighted by atomic mass is 16.5. The molecule has 0 saturated carbocycles. The maximum Gasteiger partial charge on any atom is 0.0787 e. The summed E-state index contributed by atoms with van der Waals surface area (Å²) >= 11 is 0. The summed E-state index contributed by atoms with van der Waals surface area (Å²) in [6, 6.07) is 0.326. The van der Waals surface area contributed by atoms with Gasteiger partial charge in [-0.25, -0.2) is 0 Å². The van der Waals surface area contributed by atoms with Crippen LogP contribution in [0.5, 0.6) is 0 Å². The van der Waals surface area contributed by atoms with Gasteiger partial charge in [-0.2, -0.15) is 0 Å². The highest BCUT2D eigenvalue weighted by Gasteiger charge is 2.45. The van der Waals surface area contributed by atoms with Gasteiger partial charge in [-0.3, -0.25) is 0 Å². The zero-order chi connectivity index (χ0) is 11.0. The zero-order valence-electron chi connectivity index (χ0n) is 9.92. The summed E-state index contributed by atoms with van der Waals surface area (Å²) in [5.74, 6) is 0. The molecule has 84 valence electrons. The molecule has 1 aliphatic heterocycles. The summed E-state index contributed by atoms with van der Waals surface area (Å²) in [4.78, 5) is 0. The molecule has 1 aliphatic rings. The van der Waals surface area contributed by atoms with E-state index in [0.717, 1.165) is 6.42 Å². The second-order valence-electron chi connectivity index (χ2n) is 5.48. The summed E-state index contributed by atoms with van der Waals surface area (Å²) in [6.45, 7) is 10.8. The first-order valence-corrected chi connectivity index (χ1v) is 5.34. The minimum atomic E-state index is -0.297. The molecule has 1 saturated heterocycles. The van der Waals surface area contributed by atoms with E-state index in [1.165, 1.54) is 0 Å². The lowest BCUT2D eigenvalue weighted by Crippen LogP contribution is -2.45. The van der Waals surface area contributed by atoms with Crippen molar-refractivity contribution in [2.24, 2.45) is 0 Å². The van der Waals surface area contributed by atoms with Crippen LogP contribution in [0.2, 0.25) is 0 Å². The van der Waals surface area contributed by atoms with Gasteiger partial charge in [0.2, 0.25) is 0 Å². The number of nitrogens with one attached hydrogen (secondary N) is 1. The van der Waals surface area contributed by atoms with Crippen molar-refractivity contribution in [3.05, 3.63) is 0 Å². The summed E-state index contributed by atoms with van der Waals surface area (Å²) in [5.41, 5.74) is -0.196. The lowest BCUT2D eigenvalue weighted by molar-refractivity contribution is -0.0701. The largest absolute Gasteiger partial charge is 0.392 e. The minimum absolute atomic E-state index is 0.0557. The molecule has 2 atom stereocenters. The quantitative estimate of drug-likeness (QED) is 0.723. The van der Waals surface area contributed by atoms with Gasteiger partial charge >= 0.3 is 0 Å². The molecule has 0 aromatic carbocycles. The lowest BCUT2D eigenvalue weighted by atomic mass is 9.94. The van der Waals surface area contributed by atoms with Crippen LogP contribution in [-0.2, 0) is 4.74 Å². The monoisotopic (exact) mass is 201 g/mol. The van der Waals surface area contributed by atoms with Gasteiger partial charge in [0.05, 0.1) is 17.3 Å². The molecule has 0 unspecified atom stereocenters. The van der Waals surface area contributed by atoms with E-state index in [1.807, 2.05) is 0 Å². The number of ether oxygens (including phenoxy) is 1. The minimum Gasteiger partial charge on any atom is -0.392 e. The summed E-state index contributed by atoms with van der Waals surface area (Å²) < 4.78 is 5.94. The van der Waals surface area contributed by atoms with E-state index in [1.54, 1.807) is 6.92 Å². The van der Waals surface area contributed by atoms with Crippen molar-refractivity contribution in [2.45, 2.75) is 64.4 Å². The maximum atomic E-state index is 9.21. The summed E-state index contributed by atoms with van der Waals surface area (Å²) in [7, 11) is 0. The Morgan fingerprint density at radius 3 is 2.36 bits per heavy atom. The maximum absolute atomic E-state index is 9.21. The third-order valence-electron chi connectivity index (χ3n) is 2.73. The van der Waals surface area contributed by atoms with Gasteiger partial charge in [0.15, 0.2) is 0 Å².